The summed E-state index contributed by atoms with van der Waals surface area (Å²) in [7, 11) is 0. The van der Waals surface area contributed by atoms with Gasteiger partial charge in [-0.1, -0.05) is 15.9 Å². The number of ether oxygens (including phenoxy) is 1. The van der Waals surface area contributed by atoms with Gasteiger partial charge < -0.3 is 9.84 Å². The molecule has 0 aromatic heterocycles. The van der Waals surface area contributed by atoms with Crippen LogP contribution in [0.1, 0.15) is 17.3 Å². The van der Waals surface area contributed by atoms with Gasteiger partial charge in [0.15, 0.2) is 12.4 Å². The second-order valence-corrected chi connectivity index (χ2v) is 4.56. The molecular weight excluding hydrogens is 276 g/mol. The Hall–Kier alpha value is -1.36. The van der Waals surface area contributed by atoms with Crippen molar-refractivity contribution in [2.75, 3.05) is 6.61 Å². The highest BCUT2D eigenvalue weighted by molar-refractivity contribution is 9.10. The van der Waals surface area contributed by atoms with Crippen LogP contribution in [0, 0.1) is 0 Å². The van der Waals surface area contributed by atoms with E-state index >= 15 is 0 Å². The summed E-state index contributed by atoms with van der Waals surface area (Å²) in [5.74, 6) is -0.625. The van der Waals surface area contributed by atoms with Crippen molar-refractivity contribution >= 4 is 27.7 Å². The van der Waals surface area contributed by atoms with E-state index in [1.807, 2.05) is 0 Å². The van der Waals surface area contributed by atoms with E-state index in [0.717, 1.165) is 0 Å². The molecule has 86 valence electrons. The van der Waals surface area contributed by atoms with Gasteiger partial charge in [0.05, 0.1) is 4.83 Å². The zero-order valence-corrected chi connectivity index (χ0v) is 10.2. The van der Waals surface area contributed by atoms with Crippen LogP contribution in [0.4, 0.5) is 0 Å². The van der Waals surface area contributed by atoms with Gasteiger partial charge in [0, 0.05) is 5.56 Å². The Morgan fingerprint density at radius 3 is 2.38 bits per heavy atom. The second kappa shape index (κ2) is 5.65. The molecule has 4 nitrogen and oxygen atoms in total. The van der Waals surface area contributed by atoms with Crippen molar-refractivity contribution in [2.45, 2.75) is 11.8 Å². The summed E-state index contributed by atoms with van der Waals surface area (Å²) >= 11 is 3.19. The zero-order valence-electron chi connectivity index (χ0n) is 8.64. The van der Waals surface area contributed by atoms with Crippen molar-refractivity contribution in [3.8, 4) is 5.75 Å². The maximum atomic E-state index is 11.5. The number of Topliss-reactive ketones (excluding diaryl/α,β-unsaturated/α-hetero) is 1. The number of hydrogen-bond donors (Lipinski definition) is 1. The first-order chi connectivity index (χ1) is 7.50. The molecule has 1 atom stereocenters. The first kappa shape index (κ1) is 12.7. The van der Waals surface area contributed by atoms with E-state index in [-0.39, 0.29) is 17.2 Å². The third-order valence-corrected chi connectivity index (χ3v) is 2.28. The van der Waals surface area contributed by atoms with Crippen LogP contribution in [0.25, 0.3) is 0 Å². The van der Waals surface area contributed by atoms with Crippen LogP contribution < -0.4 is 4.74 Å². The summed E-state index contributed by atoms with van der Waals surface area (Å²) in [5, 5.41) is 8.41. The third-order valence-electron chi connectivity index (χ3n) is 1.86. The molecule has 1 rings (SSSR count). The second-order valence-electron chi connectivity index (χ2n) is 3.19. The van der Waals surface area contributed by atoms with E-state index in [1.54, 1.807) is 31.2 Å². The number of hydrogen-bond acceptors (Lipinski definition) is 3. The van der Waals surface area contributed by atoms with E-state index in [2.05, 4.69) is 15.9 Å². The summed E-state index contributed by atoms with van der Waals surface area (Å²) in [5.41, 5.74) is 0.562. The van der Waals surface area contributed by atoms with Gasteiger partial charge >= 0.3 is 5.97 Å². The van der Waals surface area contributed by atoms with Crippen LogP contribution in [0.15, 0.2) is 24.3 Å². The van der Waals surface area contributed by atoms with E-state index < -0.39 is 5.97 Å². The van der Waals surface area contributed by atoms with Crippen molar-refractivity contribution in [3.63, 3.8) is 0 Å². The number of ketones is 1. The average molecular weight is 287 g/mol. The molecule has 1 aromatic rings. The molecule has 1 unspecified atom stereocenters. The van der Waals surface area contributed by atoms with Gasteiger partial charge in [-0.05, 0) is 31.2 Å². The third kappa shape index (κ3) is 3.66. The molecular formula is C11H11BrO4. The minimum absolute atomic E-state index is 0.0233. The van der Waals surface area contributed by atoms with E-state index in [4.69, 9.17) is 9.84 Å². The highest BCUT2D eigenvalue weighted by atomic mass is 79.9. The quantitative estimate of drug-likeness (QED) is 0.665. The average Bonchev–Trinajstić information content (AvgIpc) is 2.26. The number of aliphatic carboxylic acids is 1. The van der Waals surface area contributed by atoms with Crippen molar-refractivity contribution in [2.24, 2.45) is 0 Å². The predicted octanol–water partition coefficient (Wildman–Crippen LogP) is 2.12. The van der Waals surface area contributed by atoms with E-state index in [1.165, 1.54) is 0 Å². The Bertz CT molecular complexity index is 383. The fourth-order valence-electron chi connectivity index (χ4n) is 1.09. The Balaban J connectivity index is 2.68. The molecule has 0 fully saturated rings. The minimum Gasteiger partial charge on any atom is -0.482 e. The Labute approximate surface area is 101 Å². The molecule has 1 N–H and O–H groups in total. The van der Waals surface area contributed by atoms with Crippen LogP contribution in [0.3, 0.4) is 0 Å². The first-order valence-corrected chi connectivity index (χ1v) is 5.55. The molecule has 0 spiro atoms. The molecule has 0 aliphatic rings. The zero-order chi connectivity index (χ0) is 12.1. The van der Waals surface area contributed by atoms with Crippen LogP contribution >= 0.6 is 15.9 Å². The van der Waals surface area contributed by atoms with Gasteiger partial charge in [0.1, 0.15) is 5.75 Å². The van der Waals surface area contributed by atoms with Gasteiger partial charge in [0.2, 0.25) is 0 Å². The molecule has 0 saturated carbocycles. The summed E-state index contributed by atoms with van der Waals surface area (Å²) in [6, 6.07) is 6.37. The van der Waals surface area contributed by atoms with Gasteiger partial charge in [-0.25, -0.2) is 4.79 Å². The lowest BCUT2D eigenvalue weighted by Crippen LogP contribution is -2.11. The number of carbonyl (C=O) groups is 2. The highest BCUT2D eigenvalue weighted by Crippen LogP contribution is 2.15. The number of carboxylic acid groups (broad SMARTS) is 1. The number of alkyl halides is 1. The van der Waals surface area contributed by atoms with Crippen LogP contribution in [0.5, 0.6) is 5.75 Å². The SMILES string of the molecule is CC(Br)C(=O)c1ccc(OCC(=O)O)cc1. The molecule has 16 heavy (non-hydrogen) atoms. The molecule has 0 saturated heterocycles. The lowest BCUT2D eigenvalue weighted by atomic mass is 10.1. The fourth-order valence-corrected chi connectivity index (χ4v) is 1.35. The number of carboxylic acids is 1. The smallest absolute Gasteiger partial charge is 0.341 e. The predicted molar refractivity (Wildman–Crippen MR) is 62.3 cm³/mol. The summed E-state index contributed by atoms with van der Waals surface area (Å²) < 4.78 is 4.94. The molecule has 0 aliphatic carbocycles. The van der Waals surface area contributed by atoms with Gasteiger partial charge in [-0.3, -0.25) is 4.79 Å². The van der Waals surface area contributed by atoms with Crippen LogP contribution in [0.2, 0.25) is 0 Å². The normalized spacial score (nSPS) is 11.9. The van der Waals surface area contributed by atoms with E-state index in [0.29, 0.717) is 11.3 Å². The maximum Gasteiger partial charge on any atom is 0.341 e. The summed E-state index contributed by atoms with van der Waals surface area (Å²) in [6.45, 7) is 1.36. The number of benzene rings is 1. The van der Waals surface area contributed by atoms with Gasteiger partial charge in [-0.2, -0.15) is 0 Å². The summed E-state index contributed by atoms with van der Waals surface area (Å²) in [4.78, 5) is 21.6. The number of rotatable bonds is 5. The van der Waals surface area contributed by atoms with Crippen molar-refractivity contribution < 1.29 is 19.4 Å². The Morgan fingerprint density at radius 2 is 1.94 bits per heavy atom. The maximum absolute atomic E-state index is 11.5. The standard InChI is InChI=1S/C11H11BrO4/c1-7(12)11(15)8-2-4-9(5-3-8)16-6-10(13)14/h2-5,7H,6H2,1H3,(H,13,14). The lowest BCUT2D eigenvalue weighted by Gasteiger charge is -2.05. The molecule has 0 heterocycles. The van der Waals surface area contributed by atoms with Crippen molar-refractivity contribution in [1.82, 2.24) is 0 Å². The van der Waals surface area contributed by atoms with Crippen molar-refractivity contribution in [3.05, 3.63) is 29.8 Å². The van der Waals surface area contributed by atoms with Gasteiger partial charge in [-0.15, -0.1) is 0 Å². The lowest BCUT2D eigenvalue weighted by molar-refractivity contribution is -0.139. The molecule has 5 heteroatoms. The molecule has 0 radical (unpaired) electrons. The topological polar surface area (TPSA) is 63.6 Å². The number of halogens is 1. The monoisotopic (exact) mass is 286 g/mol. The van der Waals surface area contributed by atoms with E-state index in [9.17, 15) is 9.59 Å². The Kier molecular flexibility index (Phi) is 4.49. The van der Waals surface area contributed by atoms with Crippen LogP contribution in [-0.4, -0.2) is 28.3 Å². The Morgan fingerprint density at radius 1 is 1.38 bits per heavy atom. The fraction of sp³-hybridized carbons (Fsp3) is 0.273. The molecule has 1 aromatic carbocycles. The van der Waals surface area contributed by atoms with Crippen molar-refractivity contribution in [1.29, 1.82) is 0 Å². The van der Waals surface area contributed by atoms with Gasteiger partial charge in [0.25, 0.3) is 0 Å². The van der Waals surface area contributed by atoms with Crippen LogP contribution in [-0.2, 0) is 4.79 Å². The molecule has 0 bridgehead atoms. The largest absolute Gasteiger partial charge is 0.482 e. The molecule has 0 aliphatic heterocycles. The highest BCUT2D eigenvalue weighted by Gasteiger charge is 2.11. The minimum atomic E-state index is -1.03. The summed E-state index contributed by atoms with van der Waals surface area (Å²) in [6.07, 6.45) is 0. The molecule has 0 amide bonds. The first-order valence-electron chi connectivity index (χ1n) is 4.63. The number of carbonyl (C=O) groups excluding carboxylic acids is 1.